The molecule has 140 valence electrons. The average Bonchev–Trinajstić information content (AvgIpc) is 3.08. The summed E-state index contributed by atoms with van der Waals surface area (Å²) in [5.74, 6) is 1.31. The molecule has 5 heteroatoms. The van der Waals surface area contributed by atoms with Crippen LogP contribution in [0.4, 0.5) is 0 Å². The van der Waals surface area contributed by atoms with E-state index >= 15 is 0 Å². The second-order valence-corrected chi connectivity index (χ2v) is 8.27. The van der Waals surface area contributed by atoms with Crippen LogP contribution in [0, 0.1) is 5.41 Å². The first-order valence-corrected chi connectivity index (χ1v) is 9.49. The van der Waals surface area contributed by atoms with Crippen molar-refractivity contribution in [1.29, 1.82) is 0 Å². The summed E-state index contributed by atoms with van der Waals surface area (Å²) in [6, 6.07) is 10.3. The zero-order valence-corrected chi connectivity index (χ0v) is 16.2. The van der Waals surface area contributed by atoms with Crippen LogP contribution in [0.25, 0.3) is 11.4 Å². The van der Waals surface area contributed by atoms with Crippen molar-refractivity contribution in [3.63, 3.8) is 0 Å². The Kier molecular flexibility index (Phi) is 5.77. The Labute approximate surface area is 156 Å². The molecule has 3 rings (SSSR count). The Bertz CT molecular complexity index is 709. The Morgan fingerprint density at radius 1 is 1.04 bits per heavy atom. The van der Waals surface area contributed by atoms with Crippen molar-refractivity contribution in [3.8, 4) is 11.4 Å². The highest BCUT2D eigenvalue weighted by atomic mass is 16.2. The molecule has 1 fully saturated rings. The van der Waals surface area contributed by atoms with E-state index in [-0.39, 0.29) is 11.3 Å². The van der Waals surface area contributed by atoms with Crippen LogP contribution >= 0.6 is 0 Å². The summed E-state index contributed by atoms with van der Waals surface area (Å²) in [5.41, 5.74) is 1.21. The average molecular weight is 354 g/mol. The van der Waals surface area contributed by atoms with Crippen LogP contribution in [-0.4, -0.2) is 58.0 Å². The van der Waals surface area contributed by atoms with Gasteiger partial charge in [0.15, 0.2) is 0 Å². The van der Waals surface area contributed by atoms with Gasteiger partial charge in [0.2, 0.25) is 5.91 Å². The first kappa shape index (κ1) is 18.6. The van der Waals surface area contributed by atoms with E-state index in [1.54, 1.807) is 0 Å². The number of hydrogen-bond acceptors (Lipinski definition) is 3. The molecule has 2 aromatic rings. The summed E-state index contributed by atoms with van der Waals surface area (Å²) in [5, 5.41) is 0. The lowest BCUT2D eigenvalue weighted by atomic mass is 9.91. The first-order chi connectivity index (χ1) is 12.4. The number of benzene rings is 1. The molecule has 2 heterocycles. The van der Waals surface area contributed by atoms with Crippen LogP contribution in [0.15, 0.2) is 42.7 Å². The van der Waals surface area contributed by atoms with Gasteiger partial charge in [0.05, 0.1) is 0 Å². The third kappa shape index (κ3) is 4.94. The van der Waals surface area contributed by atoms with Crippen molar-refractivity contribution in [3.05, 3.63) is 42.7 Å². The smallest absolute Gasteiger partial charge is 0.223 e. The lowest BCUT2D eigenvalue weighted by Crippen LogP contribution is -2.49. The minimum absolute atomic E-state index is 0.0590. The number of rotatable bonds is 5. The molecule has 0 atom stereocenters. The summed E-state index contributed by atoms with van der Waals surface area (Å²) >= 11 is 0. The topological polar surface area (TPSA) is 41.4 Å². The normalized spacial score (nSPS) is 16.0. The lowest BCUT2D eigenvalue weighted by Gasteiger charge is -2.36. The number of imidazole rings is 1. The maximum Gasteiger partial charge on any atom is 0.223 e. The highest BCUT2D eigenvalue weighted by Gasteiger charge is 2.24. The first-order valence-electron chi connectivity index (χ1n) is 9.49. The second-order valence-electron chi connectivity index (χ2n) is 8.27. The summed E-state index contributed by atoms with van der Waals surface area (Å²) in [4.78, 5) is 21.3. The van der Waals surface area contributed by atoms with E-state index in [0.717, 1.165) is 50.7 Å². The fourth-order valence-corrected chi connectivity index (χ4v) is 3.37. The van der Waals surface area contributed by atoms with Gasteiger partial charge < -0.3 is 9.47 Å². The molecule has 0 unspecified atom stereocenters. The number of carbonyl (C=O) groups is 1. The van der Waals surface area contributed by atoms with Crippen LogP contribution in [0.2, 0.25) is 0 Å². The third-order valence-corrected chi connectivity index (χ3v) is 4.81. The van der Waals surface area contributed by atoms with Crippen LogP contribution in [-0.2, 0) is 11.3 Å². The Hall–Kier alpha value is -2.14. The van der Waals surface area contributed by atoms with Crippen molar-refractivity contribution in [2.75, 3.05) is 32.7 Å². The highest BCUT2D eigenvalue weighted by molar-refractivity contribution is 5.76. The maximum atomic E-state index is 12.4. The van der Waals surface area contributed by atoms with Crippen LogP contribution in [0.5, 0.6) is 0 Å². The van der Waals surface area contributed by atoms with Gasteiger partial charge in [-0.15, -0.1) is 0 Å². The molecule has 1 amide bonds. The number of piperazine rings is 1. The van der Waals surface area contributed by atoms with E-state index in [1.165, 1.54) is 0 Å². The van der Waals surface area contributed by atoms with Crippen molar-refractivity contribution in [1.82, 2.24) is 19.4 Å². The molecule has 0 spiro atoms. The fourth-order valence-electron chi connectivity index (χ4n) is 3.37. The Balaban J connectivity index is 1.49. The van der Waals surface area contributed by atoms with Gasteiger partial charge in [-0.05, 0) is 5.41 Å². The summed E-state index contributed by atoms with van der Waals surface area (Å²) in [6.07, 6.45) is 4.54. The minimum atomic E-state index is 0.0590. The molecule has 26 heavy (non-hydrogen) atoms. The molecule has 5 nitrogen and oxygen atoms in total. The minimum Gasteiger partial charge on any atom is -0.340 e. The van der Waals surface area contributed by atoms with E-state index in [2.05, 4.69) is 47.4 Å². The zero-order valence-electron chi connectivity index (χ0n) is 16.2. The van der Waals surface area contributed by atoms with Gasteiger partial charge in [-0.3, -0.25) is 9.69 Å². The van der Waals surface area contributed by atoms with E-state index < -0.39 is 0 Å². The number of carbonyl (C=O) groups excluding carboxylic acids is 1. The van der Waals surface area contributed by atoms with Crippen molar-refractivity contribution < 1.29 is 4.79 Å². The van der Waals surface area contributed by atoms with E-state index in [0.29, 0.717) is 6.42 Å². The van der Waals surface area contributed by atoms with Crippen LogP contribution in [0.3, 0.4) is 0 Å². The standard InChI is InChI=1S/C21H30N4O/c1-21(2,3)17-19(26)24-14-11-23(12-15-24)13-16-25-10-9-22-20(25)18-7-5-4-6-8-18/h4-10H,11-17H2,1-3H3. The van der Waals surface area contributed by atoms with Gasteiger partial charge in [-0.1, -0.05) is 51.1 Å². The van der Waals surface area contributed by atoms with Crippen LogP contribution in [0.1, 0.15) is 27.2 Å². The largest absolute Gasteiger partial charge is 0.340 e. The predicted octanol–water partition coefficient (Wildman–Crippen LogP) is 3.13. The summed E-state index contributed by atoms with van der Waals surface area (Å²) in [7, 11) is 0. The molecule has 0 bridgehead atoms. The molecule has 1 aliphatic heterocycles. The van der Waals surface area contributed by atoms with E-state index in [1.807, 2.05) is 35.5 Å². The van der Waals surface area contributed by atoms with Crippen molar-refractivity contribution in [2.24, 2.45) is 5.41 Å². The van der Waals surface area contributed by atoms with E-state index in [9.17, 15) is 4.79 Å². The molecular formula is C21H30N4O. The maximum absolute atomic E-state index is 12.4. The van der Waals surface area contributed by atoms with Gasteiger partial charge in [0.1, 0.15) is 5.82 Å². The van der Waals surface area contributed by atoms with E-state index in [4.69, 9.17) is 0 Å². The molecule has 0 radical (unpaired) electrons. The van der Waals surface area contributed by atoms with Gasteiger partial charge in [-0.2, -0.15) is 0 Å². The van der Waals surface area contributed by atoms with Gasteiger partial charge >= 0.3 is 0 Å². The third-order valence-electron chi connectivity index (χ3n) is 4.81. The number of nitrogens with zero attached hydrogens (tertiary/aromatic N) is 4. The Morgan fingerprint density at radius 2 is 1.73 bits per heavy atom. The highest BCUT2D eigenvalue weighted by Crippen LogP contribution is 2.20. The summed E-state index contributed by atoms with van der Waals surface area (Å²) < 4.78 is 2.21. The molecule has 1 aromatic heterocycles. The molecule has 0 saturated carbocycles. The molecule has 0 N–H and O–H groups in total. The monoisotopic (exact) mass is 354 g/mol. The van der Waals surface area contributed by atoms with Gasteiger partial charge in [-0.25, -0.2) is 4.98 Å². The number of aromatic nitrogens is 2. The lowest BCUT2D eigenvalue weighted by molar-refractivity contribution is -0.134. The molecule has 0 aliphatic carbocycles. The van der Waals surface area contributed by atoms with Crippen molar-refractivity contribution >= 4 is 5.91 Å². The Morgan fingerprint density at radius 3 is 2.38 bits per heavy atom. The SMILES string of the molecule is CC(C)(C)CC(=O)N1CCN(CCn2ccnc2-c2ccccc2)CC1. The van der Waals surface area contributed by atoms with Gasteiger partial charge in [0.25, 0.3) is 0 Å². The quantitative estimate of drug-likeness (QED) is 0.828. The van der Waals surface area contributed by atoms with Crippen molar-refractivity contribution in [2.45, 2.75) is 33.7 Å². The summed E-state index contributed by atoms with van der Waals surface area (Å²) in [6.45, 7) is 11.8. The fraction of sp³-hybridized carbons (Fsp3) is 0.524. The second kappa shape index (κ2) is 8.04. The number of hydrogen-bond donors (Lipinski definition) is 0. The molecule has 1 saturated heterocycles. The predicted molar refractivity (Wildman–Crippen MR) is 105 cm³/mol. The molecule has 1 aliphatic rings. The van der Waals surface area contributed by atoms with Crippen LogP contribution < -0.4 is 0 Å². The molecular weight excluding hydrogens is 324 g/mol. The number of amides is 1. The van der Waals surface area contributed by atoms with Gasteiger partial charge in [0, 0.05) is 63.6 Å². The zero-order chi connectivity index (χ0) is 18.6. The molecule has 1 aromatic carbocycles.